The first-order chi connectivity index (χ1) is 14.5. The van der Waals surface area contributed by atoms with E-state index in [1.54, 1.807) is 6.07 Å². The zero-order chi connectivity index (χ0) is 23.0. The molecule has 1 saturated heterocycles. The van der Waals surface area contributed by atoms with Crippen LogP contribution in [0.5, 0.6) is 17.2 Å². The number of nitrogens with one attached hydrogen (secondary N) is 2. The number of hydrogen-bond acceptors (Lipinski definition) is 6. The Hall–Kier alpha value is -3.05. The van der Waals surface area contributed by atoms with Crippen LogP contribution in [0.2, 0.25) is 0 Å². The molecule has 0 radical (unpaired) electrons. The van der Waals surface area contributed by atoms with Crippen molar-refractivity contribution in [2.24, 2.45) is 5.92 Å². The predicted octanol–water partition coefficient (Wildman–Crippen LogP) is 2.68. The Labute approximate surface area is 180 Å². The number of rotatable bonds is 5. The van der Waals surface area contributed by atoms with Crippen molar-refractivity contribution in [3.63, 3.8) is 0 Å². The third-order valence-electron chi connectivity index (χ3n) is 5.01. The van der Waals surface area contributed by atoms with Crippen molar-refractivity contribution in [1.29, 1.82) is 0 Å². The van der Waals surface area contributed by atoms with Gasteiger partial charge in [-0.3, -0.25) is 4.79 Å². The molecular weight excluding hydrogens is 437 g/mol. The minimum atomic E-state index is -5.25. The van der Waals surface area contributed by atoms with Crippen LogP contribution in [0.15, 0.2) is 42.5 Å². The van der Waals surface area contributed by atoms with Gasteiger partial charge in [0.05, 0.1) is 20.3 Å². The van der Waals surface area contributed by atoms with E-state index in [9.17, 15) is 28.2 Å². The van der Waals surface area contributed by atoms with Gasteiger partial charge in [-0.1, -0.05) is 30.3 Å². The summed E-state index contributed by atoms with van der Waals surface area (Å²) < 4.78 is 52.2. The van der Waals surface area contributed by atoms with Crippen molar-refractivity contribution in [3.8, 4) is 17.2 Å². The molecule has 0 bridgehead atoms. The molecule has 2 aromatic carbocycles. The second-order valence-corrected chi connectivity index (χ2v) is 7.23. The van der Waals surface area contributed by atoms with Crippen LogP contribution in [-0.2, 0) is 0 Å². The molecule has 0 aliphatic carbocycles. The number of carbonyl (C=O) groups excluding carboxylic acids is 1. The molecule has 1 heterocycles. The molecule has 0 spiro atoms. The van der Waals surface area contributed by atoms with E-state index in [0.717, 1.165) is 0 Å². The summed E-state index contributed by atoms with van der Waals surface area (Å²) in [4.78, 5) is 13.2. The summed E-state index contributed by atoms with van der Waals surface area (Å²) in [5.74, 6) is -3.62. The van der Waals surface area contributed by atoms with Gasteiger partial charge in [0.2, 0.25) is 11.5 Å². The highest BCUT2D eigenvalue weighted by molar-refractivity contribution is 7.80. The Morgan fingerprint density at radius 2 is 1.68 bits per heavy atom. The molecule has 4 N–H and O–H groups in total. The largest absolute Gasteiger partial charge is 0.502 e. The maximum atomic E-state index is 14.0. The molecule has 0 saturated carbocycles. The lowest BCUT2D eigenvalue weighted by molar-refractivity contribution is -0.285. The lowest BCUT2D eigenvalue weighted by Gasteiger charge is -2.46. The molecule has 2 aromatic rings. The summed E-state index contributed by atoms with van der Waals surface area (Å²) in [5.41, 5.74) is -3.62. The number of aliphatic hydroxyl groups is 1. The van der Waals surface area contributed by atoms with E-state index in [2.05, 4.69) is 5.32 Å². The summed E-state index contributed by atoms with van der Waals surface area (Å²) in [6.07, 6.45) is -5.25. The first-order valence-corrected chi connectivity index (χ1v) is 9.36. The predicted molar refractivity (Wildman–Crippen MR) is 108 cm³/mol. The van der Waals surface area contributed by atoms with Crippen LogP contribution in [0, 0.1) is 5.92 Å². The molecule has 11 heteroatoms. The number of hydrogen-bond donors (Lipinski definition) is 4. The van der Waals surface area contributed by atoms with Crippen LogP contribution >= 0.6 is 12.2 Å². The molecule has 0 aromatic heterocycles. The highest BCUT2D eigenvalue weighted by Gasteiger charge is 2.65. The van der Waals surface area contributed by atoms with E-state index < -0.39 is 34.8 Å². The number of phenols is 1. The zero-order valence-electron chi connectivity index (χ0n) is 16.4. The van der Waals surface area contributed by atoms with Gasteiger partial charge in [-0.15, -0.1) is 0 Å². The second-order valence-electron chi connectivity index (χ2n) is 6.82. The van der Waals surface area contributed by atoms with Crippen molar-refractivity contribution >= 4 is 23.1 Å². The normalized spacial score (nSPS) is 23.5. The summed E-state index contributed by atoms with van der Waals surface area (Å²) in [6.45, 7) is 0. The van der Waals surface area contributed by atoms with Gasteiger partial charge in [0.15, 0.2) is 22.4 Å². The number of ether oxygens (including phenoxy) is 2. The van der Waals surface area contributed by atoms with Crippen molar-refractivity contribution in [2.75, 3.05) is 14.2 Å². The molecule has 1 aliphatic rings. The number of halogens is 3. The van der Waals surface area contributed by atoms with Crippen LogP contribution in [-0.4, -0.2) is 47.2 Å². The zero-order valence-corrected chi connectivity index (χ0v) is 17.2. The van der Waals surface area contributed by atoms with E-state index in [1.165, 1.54) is 50.6 Å². The fourth-order valence-corrected chi connectivity index (χ4v) is 3.77. The Kier molecular flexibility index (Phi) is 6.01. The fourth-order valence-electron chi connectivity index (χ4n) is 3.49. The van der Waals surface area contributed by atoms with Crippen LogP contribution in [0.25, 0.3) is 0 Å². The maximum Gasteiger partial charge on any atom is 0.437 e. The van der Waals surface area contributed by atoms with Gasteiger partial charge in [0.1, 0.15) is 5.92 Å². The smallest absolute Gasteiger partial charge is 0.437 e. The van der Waals surface area contributed by atoms with E-state index in [1.807, 2.05) is 5.32 Å². The third kappa shape index (κ3) is 3.98. The number of aromatic hydroxyl groups is 1. The van der Waals surface area contributed by atoms with Crippen molar-refractivity contribution in [2.45, 2.75) is 17.9 Å². The van der Waals surface area contributed by atoms with Crippen LogP contribution in [0.3, 0.4) is 0 Å². The number of methoxy groups -OCH3 is 2. The molecule has 3 rings (SSSR count). The number of alkyl halides is 3. The van der Waals surface area contributed by atoms with Gasteiger partial charge < -0.3 is 30.3 Å². The number of thiocarbonyl (C=S) groups is 1. The highest BCUT2D eigenvalue weighted by Crippen LogP contribution is 2.46. The average Bonchev–Trinajstić information content (AvgIpc) is 2.72. The van der Waals surface area contributed by atoms with Gasteiger partial charge in [-0.05, 0) is 29.9 Å². The molecule has 7 nitrogen and oxygen atoms in total. The minimum absolute atomic E-state index is 0.0331. The second kappa shape index (κ2) is 8.23. The molecule has 166 valence electrons. The van der Waals surface area contributed by atoms with Gasteiger partial charge >= 0.3 is 6.18 Å². The first kappa shape index (κ1) is 22.6. The SMILES string of the molecule is COc1cc([C@@H]2NC(=S)N[C@](O)(C(F)(F)F)[C@H]2C(=O)c2ccccc2)cc(OC)c1O. The lowest BCUT2D eigenvalue weighted by Crippen LogP contribution is -2.72. The minimum Gasteiger partial charge on any atom is -0.502 e. The molecule has 1 aliphatic heterocycles. The highest BCUT2D eigenvalue weighted by atomic mass is 32.1. The number of ketones is 1. The van der Waals surface area contributed by atoms with E-state index in [4.69, 9.17) is 21.7 Å². The van der Waals surface area contributed by atoms with Crippen LogP contribution in [0.1, 0.15) is 22.0 Å². The third-order valence-corrected chi connectivity index (χ3v) is 5.23. The Balaban J connectivity index is 2.23. The topological polar surface area (TPSA) is 100 Å². The van der Waals surface area contributed by atoms with Crippen LogP contribution < -0.4 is 20.1 Å². The van der Waals surface area contributed by atoms with E-state index >= 15 is 0 Å². The average molecular weight is 456 g/mol. The van der Waals surface area contributed by atoms with E-state index in [-0.39, 0.29) is 28.4 Å². The number of Topliss-reactive ketones (excluding diaryl/α,β-unsaturated/α-hetero) is 1. The van der Waals surface area contributed by atoms with Crippen molar-refractivity contribution < 1.29 is 37.7 Å². The maximum absolute atomic E-state index is 14.0. The van der Waals surface area contributed by atoms with Crippen molar-refractivity contribution in [3.05, 3.63) is 53.6 Å². The first-order valence-electron chi connectivity index (χ1n) is 8.95. The Morgan fingerprint density at radius 3 is 2.16 bits per heavy atom. The van der Waals surface area contributed by atoms with Gasteiger partial charge in [-0.2, -0.15) is 13.2 Å². The molecule has 3 atom stereocenters. The Bertz CT molecular complexity index is 977. The number of carbonyl (C=O) groups is 1. The molecule has 31 heavy (non-hydrogen) atoms. The quantitative estimate of drug-likeness (QED) is 0.403. The number of phenolic OH excluding ortho intramolecular Hbond substituents is 1. The summed E-state index contributed by atoms with van der Waals surface area (Å²) in [6, 6.07) is 8.34. The summed E-state index contributed by atoms with van der Waals surface area (Å²) in [5, 5.41) is 24.8. The lowest BCUT2D eigenvalue weighted by atomic mass is 9.77. The number of benzene rings is 2. The molecule has 1 fully saturated rings. The van der Waals surface area contributed by atoms with Gasteiger partial charge in [-0.25, -0.2) is 0 Å². The van der Waals surface area contributed by atoms with Crippen molar-refractivity contribution in [1.82, 2.24) is 10.6 Å². The Morgan fingerprint density at radius 1 is 1.13 bits per heavy atom. The van der Waals surface area contributed by atoms with E-state index in [0.29, 0.717) is 0 Å². The standard InChI is InChI=1S/C20H19F3N2O5S/c1-29-12-8-11(9-13(30-2)17(12)27)15-14(16(26)10-6-4-3-5-7-10)19(28,20(21,22)23)25-18(31)24-15/h3-9,14-15,27-28H,1-2H3,(H2,24,25,31)/t14-,15+,19-/m1/s1. The molecule has 0 amide bonds. The molecular formula is C20H19F3N2O5S. The van der Waals surface area contributed by atoms with Crippen LogP contribution in [0.4, 0.5) is 13.2 Å². The van der Waals surface area contributed by atoms with Gasteiger partial charge in [0.25, 0.3) is 0 Å². The summed E-state index contributed by atoms with van der Waals surface area (Å²) >= 11 is 4.90. The molecule has 0 unspecified atom stereocenters. The monoisotopic (exact) mass is 456 g/mol. The fraction of sp³-hybridized carbons (Fsp3) is 0.300. The van der Waals surface area contributed by atoms with Gasteiger partial charge in [0, 0.05) is 5.56 Å². The summed E-state index contributed by atoms with van der Waals surface area (Å²) in [7, 11) is 2.49.